The number of benzene rings is 2. The predicted molar refractivity (Wildman–Crippen MR) is 130 cm³/mol. The molecule has 31 heavy (non-hydrogen) atoms. The number of nitrogens with zero attached hydrogens (tertiary/aromatic N) is 2. The Bertz CT molecular complexity index is 1150. The van der Waals surface area contributed by atoms with Gasteiger partial charge in [-0.15, -0.1) is 0 Å². The second-order valence-electron chi connectivity index (χ2n) is 7.57. The quantitative estimate of drug-likeness (QED) is 0.303. The molecule has 0 unspecified atom stereocenters. The predicted octanol–water partition coefficient (Wildman–Crippen LogP) is 6.74. The van der Waals surface area contributed by atoms with E-state index in [-0.39, 0.29) is 5.57 Å². The lowest BCUT2D eigenvalue weighted by atomic mass is 10.1. The SMILES string of the molecule is CCCCc1ccc(-n2c(C)cc(/C=C(/C#N)C(=O)Nc3cccc(Br)c3)c2C)cc1. The number of halogens is 1. The van der Waals surface area contributed by atoms with E-state index in [1.807, 2.05) is 38.1 Å². The van der Waals surface area contributed by atoms with Crippen molar-refractivity contribution in [2.45, 2.75) is 40.0 Å². The average Bonchev–Trinajstić information content (AvgIpc) is 3.03. The van der Waals surface area contributed by atoms with E-state index in [0.29, 0.717) is 5.69 Å². The van der Waals surface area contributed by atoms with Gasteiger partial charge >= 0.3 is 0 Å². The lowest BCUT2D eigenvalue weighted by Crippen LogP contribution is -2.13. The molecular formula is C26H26BrN3O. The molecule has 0 spiro atoms. The van der Waals surface area contributed by atoms with E-state index in [2.05, 4.69) is 57.0 Å². The smallest absolute Gasteiger partial charge is 0.266 e. The molecule has 1 amide bonds. The molecule has 0 saturated heterocycles. The van der Waals surface area contributed by atoms with E-state index in [1.165, 1.54) is 18.4 Å². The molecular weight excluding hydrogens is 450 g/mol. The number of rotatable bonds is 7. The van der Waals surface area contributed by atoms with Crippen molar-refractivity contribution in [1.29, 1.82) is 5.26 Å². The zero-order valence-electron chi connectivity index (χ0n) is 18.1. The highest BCUT2D eigenvalue weighted by atomic mass is 79.9. The van der Waals surface area contributed by atoms with Gasteiger partial charge in [-0.3, -0.25) is 4.79 Å². The number of aryl methyl sites for hydroxylation is 2. The summed E-state index contributed by atoms with van der Waals surface area (Å²) in [6, 6.07) is 19.9. The second kappa shape index (κ2) is 10.3. The first-order chi connectivity index (χ1) is 14.9. The molecule has 0 aliphatic carbocycles. The van der Waals surface area contributed by atoms with E-state index in [1.54, 1.807) is 18.2 Å². The van der Waals surface area contributed by atoms with E-state index >= 15 is 0 Å². The number of carbonyl (C=O) groups excluding carboxylic acids is 1. The number of aromatic nitrogens is 1. The lowest BCUT2D eigenvalue weighted by molar-refractivity contribution is -0.112. The number of unbranched alkanes of at least 4 members (excludes halogenated alkanes) is 1. The van der Waals surface area contributed by atoms with Gasteiger partial charge < -0.3 is 9.88 Å². The van der Waals surface area contributed by atoms with Crippen molar-refractivity contribution in [3.05, 3.63) is 87.2 Å². The summed E-state index contributed by atoms with van der Waals surface area (Å²) in [4.78, 5) is 12.6. The third-order valence-electron chi connectivity index (χ3n) is 5.23. The van der Waals surface area contributed by atoms with Crippen LogP contribution in [0.25, 0.3) is 11.8 Å². The molecule has 0 aliphatic heterocycles. The zero-order valence-corrected chi connectivity index (χ0v) is 19.7. The molecule has 0 bridgehead atoms. The summed E-state index contributed by atoms with van der Waals surface area (Å²) >= 11 is 3.39. The molecule has 0 atom stereocenters. The number of nitrogens with one attached hydrogen (secondary N) is 1. The number of carbonyl (C=O) groups is 1. The fourth-order valence-electron chi connectivity index (χ4n) is 3.59. The van der Waals surface area contributed by atoms with Crippen LogP contribution in [0.4, 0.5) is 5.69 Å². The molecule has 0 radical (unpaired) electrons. The van der Waals surface area contributed by atoms with Gasteiger partial charge in [0.1, 0.15) is 11.6 Å². The van der Waals surface area contributed by atoms with E-state index in [4.69, 9.17) is 0 Å². The standard InChI is InChI=1S/C26H26BrN3O/c1-4-5-7-20-10-12-25(13-11-20)30-18(2)14-21(19(30)3)15-22(17-28)26(31)29-24-9-6-8-23(27)16-24/h6,8-16H,4-5,7H2,1-3H3,(H,29,31)/b22-15-. The van der Waals surface area contributed by atoms with Crippen molar-refractivity contribution in [2.75, 3.05) is 5.32 Å². The number of nitriles is 1. The monoisotopic (exact) mass is 475 g/mol. The normalized spacial score (nSPS) is 11.3. The second-order valence-corrected chi connectivity index (χ2v) is 8.48. The Morgan fingerprint density at radius 2 is 1.90 bits per heavy atom. The minimum Gasteiger partial charge on any atom is -0.321 e. The molecule has 0 aliphatic rings. The molecule has 158 valence electrons. The van der Waals surface area contributed by atoms with Crippen LogP contribution in [0.2, 0.25) is 0 Å². The molecule has 0 saturated carbocycles. The third-order valence-corrected chi connectivity index (χ3v) is 5.72. The maximum atomic E-state index is 12.6. The number of hydrogen-bond donors (Lipinski definition) is 1. The van der Waals surface area contributed by atoms with Crippen LogP contribution in [0.3, 0.4) is 0 Å². The Labute approximate surface area is 192 Å². The van der Waals surface area contributed by atoms with Crippen LogP contribution in [0.5, 0.6) is 0 Å². The molecule has 3 aromatic rings. The van der Waals surface area contributed by atoms with Crippen LogP contribution in [-0.2, 0) is 11.2 Å². The maximum absolute atomic E-state index is 12.6. The maximum Gasteiger partial charge on any atom is 0.266 e. The largest absolute Gasteiger partial charge is 0.321 e. The van der Waals surface area contributed by atoms with Crippen LogP contribution in [0.1, 0.15) is 42.3 Å². The van der Waals surface area contributed by atoms with Gasteiger partial charge in [0.05, 0.1) is 0 Å². The first kappa shape index (κ1) is 22.6. The van der Waals surface area contributed by atoms with Gasteiger partial charge in [0.2, 0.25) is 0 Å². The summed E-state index contributed by atoms with van der Waals surface area (Å²) in [6.07, 6.45) is 5.12. The van der Waals surface area contributed by atoms with Gasteiger partial charge in [-0.05, 0) is 80.3 Å². The van der Waals surface area contributed by atoms with Crippen LogP contribution in [-0.4, -0.2) is 10.5 Å². The highest BCUT2D eigenvalue weighted by Crippen LogP contribution is 2.24. The molecule has 1 N–H and O–H groups in total. The summed E-state index contributed by atoms with van der Waals surface area (Å²) in [5, 5.41) is 12.4. The zero-order chi connectivity index (χ0) is 22.4. The van der Waals surface area contributed by atoms with E-state index in [9.17, 15) is 10.1 Å². The number of amides is 1. The molecule has 2 aromatic carbocycles. The first-order valence-corrected chi connectivity index (χ1v) is 11.2. The van der Waals surface area contributed by atoms with Crippen molar-refractivity contribution in [2.24, 2.45) is 0 Å². The fraction of sp³-hybridized carbons (Fsp3) is 0.231. The van der Waals surface area contributed by atoms with Gasteiger partial charge in [0.15, 0.2) is 0 Å². The highest BCUT2D eigenvalue weighted by Gasteiger charge is 2.14. The fourth-order valence-corrected chi connectivity index (χ4v) is 3.99. The van der Waals surface area contributed by atoms with Crippen molar-refractivity contribution in [1.82, 2.24) is 4.57 Å². The summed E-state index contributed by atoms with van der Waals surface area (Å²) in [5.74, 6) is -0.425. The first-order valence-electron chi connectivity index (χ1n) is 10.4. The Kier molecular flexibility index (Phi) is 7.49. The molecule has 1 heterocycles. The van der Waals surface area contributed by atoms with Crippen LogP contribution < -0.4 is 5.32 Å². The van der Waals surface area contributed by atoms with Crippen molar-refractivity contribution >= 4 is 33.6 Å². The number of hydrogen-bond acceptors (Lipinski definition) is 2. The minimum atomic E-state index is -0.425. The van der Waals surface area contributed by atoms with Crippen LogP contribution in [0.15, 0.2) is 64.6 Å². The van der Waals surface area contributed by atoms with Crippen molar-refractivity contribution < 1.29 is 4.79 Å². The summed E-state index contributed by atoms with van der Waals surface area (Å²) in [7, 11) is 0. The molecule has 1 aromatic heterocycles. The van der Waals surface area contributed by atoms with Crippen LogP contribution >= 0.6 is 15.9 Å². The summed E-state index contributed by atoms with van der Waals surface area (Å²) in [5.41, 5.74) is 6.01. The summed E-state index contributed by atoms with van der Waals surface area (Å²) in [6.45, 7) is 6.23. The topological polar surface area (TPSA) is 57.8 Å². The van der Waals surface area contributed by atoms with Gasteiger partial charge in [0, 0.05) is 27.2 Å². The molecule has 0 fully saturated rings. The lowest BCUT2D eigenvalue weighted by Gasteiger charge is -2.11. The van der Waals surface area contributed by atoms with Gasteiger partial charge in [-0.25, -0.2) is 0 Å². The Balaban J connectivity index is 1.86. The highest BCUT2D eigenvalue weighted by molar-refractivity contribution is 9.10. The van der Waals surface area contributed by atoms with Gasteiger partial charge in [-0.2, -0.15) is 5.26 Å². The molecule has 5 heteroatoms. The van der Waals surface area contributed by atoms with E-state index in [0.717, 1.165) is 33.5 Å². The molecule has 3 rings (SSSR count). The van der Waals surface area contributed by atoms with Crippen molar-refractivity contribution in [3.8, 4) is 11.8 Å². The Morgan fingerprint density at radius 1 is 1.16 bits per heavy atom. The van der Waals surface area contributed by atoms with Gasteiger partial charge in [0.25, 0.3) is 5.91 Å². The average molecular weight is 476 g/mol. The van der Waals surface area contributed by atoms with Crippen LogP contribution in [0, 0.1) is 25.2 Å². The van der Waals surface area contributed by atoms with E-state index < -0.39 is 5.91 Å². The third kappa shape index (κ3) is 5.53. The minimum absolute atomic E-state index is 0.0649. The Morgan fingerprint density at radius 3 is 2.55 bits per heavy atom. The Hall–Kier alpha value is -3.10. The van der Waals surface area contributed by atoms with Gasteiger partial charge in [-0.1, -0.05) is 47.5 Å². The summed E-state index contributed by atoms with van der Waals surface area (Å²) < 4.78 is 3.01. The molecule has 4 nitrogen and oxygen atoms in total. The number of anilines is 1. The van der Waals surface area contributed by atoms with Crippen molar-refractivity contribution in [3.63, 3.8) is 0 Å².